The molecule has 0 aliphatic carbocycles. The topological polar surface area (TPSA) is 74.3 Å². The van der Waals surface area contributed by atoms with Crippen molar-refractivity contribution >= 4 is 28.4 Å². The lowest BCUT2D eigenvalue weighted by Crippen LogP contribution is -2.52. The first kappa shape index (κ1) is 20.0. The largest absolute Gasteiger partial charge is 0.343 e. The van der Waals surface area contributed by atoms with E-state index in [2.05, 4.69) is 21.7 Å². The first-order valence-corrected chi connectivity index (χ1v) is 10.3. The number of nitrogens with one attached hydrogen (secondary N) is 2. The number of para-hydroxylation sites is 1. The zero-order chi connectivity index (χ0) is 21.1. The third-order valence-electron chi connectivity index (χ3n) is 5.76. The number of anilines is 1. The van der Waals surface area contributed by atoms with Crippen molar-refractivity contribution in [1.29, 1.82) is 0 Å². The highest BCUT2D eigenvalue weighted by Crippen LogP contribution is 2.30. The van der Waals surface area contributed by atoms with Gasteiger partial charge in [0.1, 0.15) is 6.04 Å². The van der Waals surface area contributed by atoms with Gasteiger partial charge < -0.3 is 15.5 Å². The van der Waals surface area contributed by atoms with Gasteiger partial charge in [-0.25, -0.2) is 0 Å². The van der Waals surface area contributed by atoms with E-state index in [1.807, 2.05) is 48.5 Å². The Hall–Kier alpha value is -3.25. The highest BCUT2D eigenvalue weighted by molar-refractivity contribution is 6.01. The molecular formula is C24H26N4O2. The number of hydrogen-bond donors (Lipinski definition) is 2. The van der Waals surface area contributed by atoms with E-state index in [1.165, 1.54) is 0 Å². The maximum Gasteiger partial charge on any atom is 0.249 e. The monoisotopic (exact) mass is 402 g/mol. The second kappa shape index (κ2) is 8.63. The molecule has 1 aromatic heterocycles. The van der Waals surface area contributed by atoms with Crippen LogP contribution in [0.5, 0.6) is 0 Å². The van der Waals surface area contributed by atoms with Crippen molar-refractivity contribution in [3.8, 4) is 0 Å². The molecule has 3 aromatic rings. The minimum atomic E-state index is -0.561. The number of fused-ring (bicyclic) bond motifs is 2. The summed E-state index contributed by atoms with van der Waals surface area (Å²) in [5, 5.41) is 6.90. The van der Waals surface area contributed by atoms with E-state index in [9.17, 15) is 9.59 Å². The molecule has 0 spiro atoms. The van der Waals surface area contributed by atoms with Crippen LogP contribution in [0.3, 0.4) is 0 Å². The van der Waals surface area contributed by atoms with Gasteiger partial charge in [0.25, 0.3) is 0 Å². The zero-order valence-electron chi connectivity index (χ0n) is 17.3. The molecule has 1 aliphatic heterocycles. The van der Waals surface area contributed by atoms with E-state index in [4.69, 9.17) is 0 Å². The van der Waals surface area contributed by atoms with Crippen LogP contribution in [0.25, 0.3) is 10.9 Å². The molecule has 0 bridgehead atoms. The summed E-state index contributed by atoms with van der Waals surface area (Å²) in [6.07, 6.45) is 3.08. The normalized spacial score (nSPS) is 17.3. The number of aromatic nitrogens is 1. The Balaban J connectivity index is 1.70. The van der Waals surface area contributed by atoms with Crippen LogP contribution in [-0.2, 0) is 22.6 Å². The molecule has 2 unspecified atom stereocenters. The molecular weight excluding hydrogens is 376 g/mol. The lowest BCUT2D eigenvalue weighted by Gasteiger charge is -2.27. The summed E-state index contributed by atoms with van der Waals surface area (Å²) < 4.78 is 0. The number of rotatable bonds is 5. The molecule has 2 heterocycles. The third kappa shape index (κ3) is 3.91. The molecule has 154 valence electrons. The zero-order valence-corrected chi connectivity index (χ0v) is 17.3. The number of benzene rings is 2. The Morgan fingerprint density at radius 2 is 2.00 bits per heavy atom. The number of aryl methyl sites for hydroxylation is 1. The van der Waals surface area contributed by atoms with Gasteiger partial charge in [-0.05, 0) is 56.1 Å². The SMILES string of the molecule is CNC(C)C(=O)NC1CCc2ccccc2N(Cc2cccc3ncccc23)C1=O. The fraction of sp³-hybridized carbons (Fsp3) is 0.292. The smallest absolute Gasteiger partial charge is 0.249 e. The van der Waals surface area contributed by atoms with E-state index in [0.29, 0.717) is 13.0 Å². The summed E-state index contributed by atoms with van der Waals surface area (Å²) >= 11 is 0. The van der Waals surface area contributed by atoms with Crippen molar-refractivity contribution in [2.24, 2.45) is 0 Å². The lowest BCUT2D eigenvalue weighted by atomic mass is 10.1. The van der Waals surface area contributed by atoms with Crippen LogP contribution < -0.4 is 15.5 Å². The van der Waals surface area contributed by atoms with Crippen LogP contribution in [0, 0.1) is 0 Å². The van der Waals surface area contributed by atoms with Gasteiger partial charge >= 0.3 is 0 Å². The Morgan fingerprint density at radius 3 is 2.83 bits per heavy atom. The van der Waals surface area contributed by atoms with Crippen LogP contribution in [0.4, 0.5) is 5.69 Å². The summed E-state index contributed by atoms with van der Waals surface area (Å²) in [5.74, 6) is -0.256. The Bertz CT molecular complexity index is 1080. The van der Waals surface area contributed by atoms with Gasteiger partial charge in [-0.1, -0.05) is 36.4 Å². The number of likely N-dealkylation sites (N-methyl/N-ethyl adjacent to an activating group) is 1. The first-order valence-electron chi connectivity index (χ1n) is 10.3. The van der Waals surface area contributed by atoms with E-state index in [0.717, 1.165) is 34.1 Å². The molecule has 1 aliphatic rings. The van der Waals surface area contributed by atoms with Gasteiger partial charge in [-0.2, -0.15) is 0 Å². The average molecular weight is 402 g/mol. The van der Waals surface area contributed by atoms with Gasteiger partial charge in [0.05, 0.1) is 18.1 Å². The maximum atomic E-state index is 13.6. The minimum absolute atomic E-state index is 0.0857. The maximum absolute atomic E-state index is 13.6. The Morgan fingerprint density at radius 1 is 1.17 bits per heavy atom. The molecule has 0 saturated carbocycles. The van der Waals surface area contributed by atoms with E-state index < -0.39 is 6.04 Å². The summed E-state index contributed by atoms with van der Waals surface area (Å²) in [4.78, 5) is 32.3. The number of pyridine rings is 1. The molecule has 2 atom stereocenters. The van der Waals surface area contributed by atoms with Crippen molar-refractivity contribution in [3.05, 3.63) is 71.9 Å². The van der Waals surface area contributed by atoms with Crippen LogP contribution in [0.2, 0.25) is 0 Å². The second-order valence-electron chi connectivity index (χ2n) is 7.65. The van der Waals surface area contributed by atoms with E-state index >= 15 is 0 Å². The van der Waals surface area contributed by atoms with Crippen LogP contribution >= 0.6 is 0 Å². The number of hydrogen-bond acceptors (Lipinski definition) is 4. The molecule has 6 heteroatoms. The van der Waals surface area contributed by atoms with Crippen molar-refractivity contribution in [3.63, 3.8) is 0 Å². The summed E-state index contributed by atoms with van der Waals surface area (Å²) in [7, 11) is 1.73. The van der Waals surface area contributed by atoms with Crippen molar-refractivity contribution in [2.75, 3.05) is 11.9 Å². The van der Waals surface area contributed by atoms with Crippen molar-refractivity contribution in [1.82, 2.24) is 15.6 Å². The molecule has 30 heavy (non-hydrogen) atoms. The second-order valence-corrected chi connectivity index (χ2v) is 7.65. The number of carbonyl (C=O) groups excluding carboxylic acids is 2. The molecule has 4 rings (SSSR count). The molecule has 0 radical (unpaired) electrons. The van der Waals surface area contributed by atoms with Crippen LogP contribution in [0.1, 0.15) is 24.5 Å². The summed E-state index contributed by atoms with van der Waals surface area (Å²) in [6.45, 7) is 2.21. The first-order chi connectivity index (χ1) is 14.6. The van der Waals surface area contributed by atoms with Gasteiger partial charge in [-0.3, -0.25) is 14.6 Å². The average Bonchev–Trinajstić information content (AvgIpc) is 2.91. The predicted molar refractivity (Wildman–Crippen MR) is 118 cm³/mol. The number of nitrogens with zero attached hydrogens (tertiary/aromatic N) is 2. The standard InChI is InChI=1S/C24H26N4O2/c1-16(25-2)23(29)27-21-13-12-17-7-3-4-11-22(17)28(24(21)30)15-18-8-5-10-20-19(18)9-6-14-26-20/h3-11,14,16,21,25H,12-13,15H2,1-2H3,(H,27,29). The molecule has 2 amide bonds. The van der Waals surface area contributed by atoms with Gasteiger partial charge in [0.15, 0.2) is 0 Å². The predicted octanol–water partition coefficient (Wildman–Crippen LogP) is 2.81. The van der Waals surface area contributed by atoms with Crippen LogP contribution in [0.15, 0.2) is 60.8 Å². The van der Waals surface area contributed by atoms with Gasteiger partial charge in [0.2, 0.25) is 11.8 Å². The van der Waals surface area contributed by atoms with E-state index in [1.54, 1.807) is 25.1 Å². The third-order valence-corrected chi connectivity index (χ3v) is 5.76. The fourth-order valence-corrected chi connectivity index (χ4v) is 3.92. The highest BCUT2D eigenvalue weighted by atomic mass is 16.2. The minimum Gasteiger partial charge on any atom is -0.343 e. The summed E-state index contributed by atoms with van der Waals surface area (Å²) in [6, 6.07) is 17.0. The lowest BCUT2D eigenvalue weighted by molar-refractivity contribution is -0.128. The fourth-order valence-electron chi connectivity index (χ4n) is 3.92. The molecule has 2 aromatic carbocycles. The summed E-state index contributed by atoms with van der Waals surface area (Å²) in [5.41, 5.74) is 3.95. The molecule has 0 fully saturated rings. The van der Waals surface area contributed by atoms with Crippen LogP contribution in [-0.4, -0.2) is 35.9 Å². The van der Waals surface area contributed by atoms with E-state index in [-0.39, 0.29) is 17.9 Å². The van der Waals surface area contributed by atoms with Gasteiger partial charge in [-0.15, -0.1) is 0 Å². The van der Waals surface area contributed by atoms with Crippen molar-refractivity contribution < 1.29 is 9.59 Å². The molecule has 6 nitrogen and oxygen atoms in total. The highest BCUT2D eigenvalue weighted by Gasteiger charge is 2.32. The quantitative estimate of drug-likeness (QED) is 0.688. The van der Waals surface area contributed by atoms with Crippen molar-refractivity contribution in [2.45, 2.75) is 38.4 Å². The molecule has 0 saturated heterocycles. The Kier molecular flexibility index (Phi) is 5.77. The number of amides is 2. The molecule has 2 N–H and O–H groups in total. The van der Waals surface area contributed by atoms with Gasteiger partial charge in [0, 0.05) is 17.3 Å². The Labute approximate surface area is 176 Å². The number of carbonyl (C=O) groups is 2.